The summed E-state index contributed by atoms with van der Waals surface area (Å²) < 4.78 is 10.7. The molecule has 1 unspecified atom stereocenters. The van der Waals surface area contributed by atoms with Crippen LogP contribution >= 0.6 is 0 Å². The van der Waals surface area contributed by atoms with E-state index in [1.54, 1.807) is 6.26 Å². The Morgan fingerprint density at radius 3 is 2.50 bits per heavy atom. The Labute approximate surface area is 71.4 Å². The highest BCUT2D eigenvalue weighted by Gasteiger charge is 2.17. The van der Waals surface area contributed by atoms with Gasteiger partial charge in [0.2, 0.25) is 0 Å². The van der Waals surface area contributed by atoms with Crippen LogP contribution in [-0.4, -0.2) is 0 Å². The van der Waals surface area contributed by atoms with Crippen molar-refractivity contribution in [1.82, 2.24) is 0 Å². The summed E-state index contributed by atoms with van der Waals surface area (Å²) in [6.07, 6.45) is 1.39. The van der Waals surface area contributed by atoms with Crippen molar-refractivity contribution >= 4 is 0 Å². The Hall–Kier alpha value is -1.44. The average molecular weight is 162 g/mol. The van der Waals surface area contributed by atoms with Crippen molar-refractivity contribution in [2.75, 3.05) is 0 Å². The van der Waals surface area contributed by atoms with Crippen LogP contribution in [0.4, 0.5) is 0 Å². The van der Waals surface area contributed by atoms with E-state index in [9.17, 15) is 0 Å². The Balaban J connectivity index is 2.14. The maximum Gasteiger partial charge on any atom is 0.266 e. The molecule has 2 rings (SSSR count). The van der Waals surface area contributed by atoms with Gasteiger partial charge in [-0.25, -0.2) is 0 Å². The van der Waals surface area contributed by atoms with Crippen molar-refractivity contribution in [2.24, 2.45) is 0 Å². The largest absolute Gasteiger partial charge is 0.455 e. The molecule has 0 N–H and O–H groups in total. The lowest BCUT2D eigenvalue weighted by Gasteiger charge is -2.10. The molecule has 12 heavy (non-hydrogen) atoms. The summed E-state index contributed by atoms with van der Waals surface area (Å²) in [7, 11) is 0. The van der Waals surface area contributed by atoms with Gasteiger partial charge in [-0.3, -0.25) is 0 Å². The summed E-state index contributed by atoms with van der Waals surface area (Å²) >= 11 is 0. The second-order valence-corrected chi connectivity index (χ2v) is 2.73. The van der Waals surface area contributed by atoms with E-state index in [0.717, 1.165) is 11.3 Å². The maximum atomic E-state index is 5.39. The van der Waals surface area contributed by atoms with Gasteiger partial charge in [0.25, 0.3) is 6.29 Å². The molecule has 62 valence electrons. The van der Waals surface area contributed by atoms with E-state index >= 15 is 0 Å². The fourth-order valence-corrected chi connectivity index (χ4v) is 1.14. The molecule has 2 heteroatoms. The summed E-state index contributed by atoms with van der Waals surface area (Å²) in [5, 5.41) is 0. The van der Waals surface area contributed by atoms with Gasteiger partial charge in [-0.2, -0.15) is 0 Å². The van der Waals surface area contributed by atoms with Crippen LogP contribution in [0.1, 0.15) is 18.8 Å². The third-order valence-electron chi connectivity index (χ3n) is 1.72. The fraction of sp³-hybridized carbons (Fsp3) is 0.200. The zero-order valence-corrected chi connectivity index (χ0v) is 6.86. The van der Waals surface area contributed by atoms with Gasteiger partial charge in [0.1, 0.15) is 12.0 Å². The molecule has 0 saturated heterocycles. The van der Waals surface area contributed by atoms with Gasteiger partial charge in [-0.1, -0.05) is 30.3 Å². The van der Waals surface area contributed by atoms with Crippen LogP contribution in [0.2, 0.25) is 0 Å². The van der Waals surface area contributed by atoms with Crippen LogP contribution in [0.15, 0.2) is 42.4 Å². The zero-order chi connectivity index (χ0) is 8.39. The highest BCUT2D eigenvalue weighted by atomic mass is 16.7. The first-order chi connectivity index (χ1) is 5.86. The number of hydrogen-bond acceptors (Lipinski definition) is 2. The van der Waals surface area contributed by atoms with Gasteiger partial charge in [0, 0.05) is 5.56 Å². The summed E-state index contributed by atoms with van der Waals surface area (Å²) in [5.41, 5.74) is 1.05. The number of allylic oxidation sites excluding steroid dienone is 1. The van der Waals surface area contributed by atoms with Crippen LogP contribution < -0.4 is 0 Å². The van der Waals surface area contributed by atoms with Crippen molar-refractivity contribution in [3.63, 3.8) is 0 Å². The minimum absolute atomic E-state index is 0.244. The van der Waals surface area contributed by atoms with Crippen LogP contribution in [-0.2, 0) is 9.47 Å². The first-order valence-electron chi connectivity index (χ1n) is 3.90. The minimum atomic E-state index is -0.244. The Morgan fingerprint density at radius 1 is 1.17 bits per heavy atom. The molecule has 0 aromatic heterocycles. The van der Waals surface area contributed by atoms with Gasteiger partial charge in [-0.05, 0) is 6.92 Å². The average Bonchev–Trinajstić information content (AvgIpc) is 2.54. The lowest BCUT2D eigenvalue weighted by Crippen LogP contribution is -1.97. The number of hydrogen-bond donors (Lipinski definition) is 0. The molecule has 1 aromatic carbocycles. The molecule has 0 saturated carbocycles. The van der Waals surface area contributed by atoms with Crippen molar-refractivity contribution in [2.45, 2.75) is 13.2 Å². The van der Waals surface area contributed by atoms with Crippen LogP contribution in [0.5, 0.6) is 0 Å². The van der Waals surface area contributed by atoms with Crippen LogP contribution in [0.25, 0.3) is 0 Å². The molecule has 1 aliphatic heterocycles. The molecular formula is C10H10O2. The topological polar surface area (TPSA) is 18.5 Å². The third-order valence-corrected chi connectivity index (χ3v) is 1.72. The smallest absolute Gasteiger partial charge is 0.266 e. The Kier molecular flexibility index (Phi) is 1.74. The number of benzene rings is 1. The highest BCUT2D eigenvalue weighted by Crippen LogP contribution is 2.27. The molecule has 1 atom stereocenters. The van der Waals surface area contributed by atoms with Crippen LogP contribution in [0, 0.1) is 0 Å². The molecule has 1 heterocycles. The molecule has 0 spiro atoms. The molecule has 1 aliphatic rings. The molecule has 0 bridgehead atoms. The van der Waals surface area contributed by atoms with Gasteiger partial charge < -0.3 is 9.47 Å². The van der Waals surface area contributed by atoms with Crippen LogP contribution in [0.3, 0.4) is 0 Å². The fourth-order valence-electron chi connectivity index (χ4n) is 1.14. The zero-order valence-electron chi connectivity index (χ0n) is 6.86. The maximum absolute atomic E-state index is 5.39. The van der Waals surface area contributed by atoms with E-state index in [2.05, 4.69) is 0 Å². The third kappa shape index (κ3) is 1.28. The quantitative estimate of drug-likeness (QED) is 0.631. The summed E-state index contributed by atoms with van der Waals surface area (Å²) in [6.45, 7) is 1.88. The molecule has 0 radical (unpaired) electrons. The molecule has 0 amide bonds. The lowest BCUT2D eigenvalue weighted by atomic mass is 10.2. The van der Waals surface area contributed by atoms with Gasteiger partial charge in [0.05, 0.1) is 0 Å². The minimum Gasteiger partial charge on any atom is -0.455 e. The van der Waals surface area contributed by atoms with E-state index in [1.165, 1.54) is 0 Å². The first-order valence-corrected chi connectivity index (χ1v) is 3.90. The predicted molar refractivity (Wildman–Crippen MR) is 45.1 cm³/mol. The van der Waals surface area contributed by atoms with E-state index in [1.807, 2.05) is 37.3 Å². The van der Waals surface area contributed by atoms with E-state index in [-0.39, 0.29) is 6.29 Å². The molecule has 0 aliphatic carbocycles. The van der Waals surface area contributed by atoms with Crippen molar-refractivity contribution < 1.29 is 9.47 Å². The first kappa shape index (κ1) is 7.22. The Morgan fingerprint density at radius 2 is 1.92 bits per heavy atom. The monoisotopic (exact) mass is 162 g/mol. The van der Waals surface area contributed by atoms with Gasteiger partial charge >= 0.3 is 0 Å². The molecule has 1 aromatic rings. The van der Waals surface area contributed by atoms with E-state index in [4.69, 9.17) is 9.47 Å². The SMILES string of the molecule is CC1=COC(c2ccccc2)O1. The summed E-state index contributed by atoms with van der Waals surface area (Å²) in [5.74, 6) is 0.823. The van der Waals surface area contributed by atoms with E-state index in [0.29, 0.717) is 0 Å². The van der Waals surface area contributed by atoms with Crippen molar-refractivity contribution in [3.8, 4) is 0 Å². The highest BCUT2D eigenvalue weighted by molar-refractivity contribution is 5.17. The molecule has 0 fully saturated rings. The molecule has 2 nitrogen and oxygen atoms in total. The Bertz CT molecular complexity index is 290. The second-order valence-electron chi connectivity index (χ2n) is 2.73. The number of ether oxygens (including phenoxy) is 2. The standard InChI is InChI=1S/C10H10O2/c1-8-7-11-10(12-8)9-5-3-2-4-6-9/h2-7,10H,1H3. The van der Waals surface area contributed by atoms with E-state index < -0.39 is 0 Å². The number of rotatable bonds is 1. The normalized spacial score (nSPS) is 21.1. The predicted octanol–water partition coefficient (Wildman–Crippen LogP) is 2.59. The van der Waals surface area contributed by atoms with Gasteiger partial charge in [0.15, 0.2) is 0 Å². The second kappa shape index (κ2) is 2.89. The van der Waals surface area contributed by atoms with Gasteiger partial charge in [-0.15, -0.1) is 0 Å². The molecular weight excluding hydrogens is 152 g/mol. The van der Waals surface area contributed by atoms with Crippen molar-refractivity contribution in [1.29, 1.82) is 0 Å². The lowest BCUT2D eigenvalue weighted by molar-refractivity contribution is -0.0331. The van der Waals surface area contributed by atoms with Crippen molar-refractivity contribution in [3.05, 3.63) is 47.9 Å². The summed E-state index contributed by atoms with van der Waals surface area (Å²) in [4.78, 5) is 0. The summed E-state index contributed by atoms with van der Waals surface area (Å²) in [6, 6.07) is 9.87.